The average molecular weight is 310 g/mol. The first-order valence-corrected chi connectivity index (χ1v) is 8.24. The summed E-state index contributed by atoms with van der Waals surface area (Å²) < 4.78 is 23.9. The van der Waals surface area contributed by atoms with Crippen LogP contribution in [0.4, 0.5) is 0 Å². The van der Waals surface area contributed by atoms with Gasteiger partial charge < -0.3 is 0 Å². The van der Waals surface area contributed by atoms with Crippen molar-refractivity contribution in [3.63, 3.8) is 0 Å². The molecule has 2 aromatic carbocycles. The Balaban J connectivity index is 2.37. The highest BCUT2D eigenvalue weighted by Gasteiger charge is 2.19. The number of aromatic nitrogens is 1. The molecule has 0 spiro atoms. The highest BCUT2D eigenvalue weighted by molar-refractivity contribution is 7.89. The number of primary sulfonamides is 1. The van der Waals surface area contributed by atoms with Crippen molar-refractivity contribution in [2.75, 3.05) is 0 Å². The molecule has 5 heteroatoms. The van der Waals surface area contributed by atoms with Gasteiger partial charge in [0.05, 0.1) is 10.6 Å². The summed E-state index contributed by atoms with van der Waals surface area (Å²) in [6.45, 7) is 0. The minimum absolute atomic E-state index is 0.0989. The number of nitrogens with two attached hydrogens (primary N) is 1. The van der Waals surface area contributed by atoms with Gasteiger partial charge >= 0.3 is 0 Å². The molecule has 0 saturated heterocycles. The lowest BCUT2D eigenvalue weighted by Gasteiger charge is -2.13. The maximum atomic E-state index is 12.0. The summed E-state index contributed by atoms with van der Waals surface area (Å²) in [5, 5.41) is 5.39. The Labute approximate surface area is 129 Å². The van der Waals surface area contributed by atoms with E-state index in [1.54, 1.807) is 12.3 Å². The molecule has 0 aliphatic heterocycles. The number of rotatable bonds is 3. The molecule has 110 valence electrons. The summed E-state index contributed by atoms with van der Waals surface area (Å²) in [6, 6.07) is 19.9. The largest absolute Gasteiger partial charge is 0.256 e. The molecular formula is C17H14N2O2S. The van der Waals surface area contributed by atoms with Crippen LogP contribution < -0.4 is 5.14 Å². The predicted octanol–water partition coefficient (Wildman–Crippen LogP) is 3.06. The molecular weight excluding hydrogens is 296 g/mol. The Hall–Kier alpha value is -2.50. The van der Waals surface area contributed by atoms with Crippen molar-refractivity contribution in [3.8, 4) is 22.4 Å². The highest BCUT2D eigenvalue weighted by atomic mass is 32.2. The van der Waals surface area contributed by atoms with Crippen LogP contribution >= 0.6 is 0 Å². The monoisotopic (exact) mass is 310 g/mol. The van der Waals surface area contributed by atoms with E-state index < -0.39 is 10.0 Å². The second-order valence-corrected chi connectivity index (χ2v) is 6.33. The van der Waals surface area contributed by atoms with Gasteiger partial charge in [0.25, 0.3) is 0 Å². The van der Waals surface area contributed by atoms with Gasteiger partial charge in [-0.1, -0.05) is 48.5 Å². The zero-order chi connectivity index (χ0) is 15.6. The smallest absolute Gasteiger partial charge is 0.238 e. The van der Waals surface area contributed by atoms with Gasteiger partial charge in [-0.15, -0.1) is 0 Å². The molecule has 4 nitrogen and oxygen atoms in total. The molecule has 0 unspecified atom stereocenters. The van der Waals surface area contributed by atoms with Crippen LogP contribution in [0.15, 0.2) is 77.8 Å². The fourth-order valence-corrected chi connectivity index (χ4v) is 3.19. The third-order valence-corrected chi connectivity index (χ3v) is 4.29. The van der Waals surface area contributed by atoms with Crippen molar-refractivity contribution >= 4 is 10.0 Å². The summed E-state index contributed by atoms with van der Waals surface area (Å²) in [4.78, 5) is 4.42. The molecule has 1 heterocycles. The first kappa shape index (κ1) is 14.4. The standard InChI is InChI=1S/C17H14N2O2S/c18-22(20,21)16-11-6-9-14(15-10-4-5-12-19-15)17(16)13-7-2-1-3-8-13/h1-12H,(H2,18,20,21). The van der Waals surface area contributed by atoms with Crippen LogP contribution in [-0.2, 0) is 10.0 Å². The van der Waals surface area contributed by atoms with Gasteiger partial charge in [-0.05, 0) is 23.8 Å². The van der Waals surface area contributed by atoms with Crippen LogP contribution in [0.3, 0.4) is 0 Å². The summed E-state index contributed by atoms with van der Waals surface area (Å²) in [5.74, 6) is 0. The number of hydrogen-bond acceptors (Lipinski definition) is 3. The van der Waals surface area contributed by atoms with Crippen LogP contribution in [0, 0.1) is 0 Å². The van der Waals surface area contributed by atoms with Crippen LogP contribution in [-0.4, -0.2) is 13.4 Å². The lowest BCUT2D eigenvalue weighted by molar-refractivity contribution is 0.598. The minimum Gasteiger partial charge on any atom is -0.256 e. The highest BCUT2D eigenvalue weighted by Crippen LogP contribution is 2.35. The predicted molar refractivity (Wildman–Crippen MR) is 86.5 cm³/mol. The van der Waals surface area contributed by atoms with E-state index in [2.05, 4.69) is 4.98 Å². The van der Waals surface area contributed by atoms with Crippen LogP contribution in [0.5, 0.6) is 0 Å². The Bertz CT molecular complexity index is 892. The molecule has 0 amide bonds. The average Bonchev–Trinajstić information content (AvgIpc) is 2.55. The number of benzene rings is 2. The second kappa shape index (κ2) is 5.71. The molecule has 1 aromatic heterocycles. The Morgan fingerprint density at radius 2 is 1.55 bits per heavy atom. The van der Waals surface area contributed by atoms with Crippen molar-refractivity contribution in [1.29, 1.82) is 0 Å². The summed E-state index contributed by atoms with van der Waals surface area (Å²) in [6.07, 6.45) is 1.67. The third-order valence-electron chi connectivity index (χ3n) is 3.34. The molecule has 3 aromatic rings. The molecule has 0 saturated carbocycles. The van der Waals surface area contributed by atoms with Crippen molar-refractivity contribution in [2.45, 2.75) is 4.90 Å². The third kappa shape index (κ3) is 2.77. The zero-order valence-corrected chi connectivity index (χ0v) is 12.5. The number of pyridine rings is 1. The number of hydrogen-bond donors (Lipinski definition) is 1. The maximum Gasteiger partial charge on any atom is 0.238 e. The molecule has 3 rings (SSSR count). The van der Waals surface area contributed by atoms with E-state index in [1.807, 2.05) is 54.6 Å². The van der Waals surface area contributed by atoms with Gasteiger partial charge in [0.1, 0.15) is 0 Å². The fourth-order valence-electron chi connectivity index (χ4n) is 2.41. The molecule has 2 N–H and O–H groups in total. The van der Waals surface area contributed by atoms with Gasteiger partial charge in [-0.3, -0.25) is 4.98 Å². The molecule has 0 radical (unpaired) electrons. The Morgan fingerprint density at radius 1 is 0.818 bits per heavy atom. The first-order chi connectivity index (χ1) is 10.6. The maximum absolute atomic E-state index is 12.0. The van der Waals surface area contributed by atoms with Crippen molar-refractivity contribution in [2.24, 2.45) is 5.14 Å². The van der Waals surface area contributed by atoms with Crippen LogP contribution in [0.25, 0.3) is 22.4 Å². The Kier molecular flexibility index (Phi) is 3.75. The molecule has 0 aliphatic rings. The molecule has 22 heavy (non-hydrogen) atoms. The SMILES string of the molecule is NS(=O)(=O)c1cccc(-c2ccccn2)c1-c1ccccc1. The lowest BCUT2D eigenvalue weighted by Crippen LogP contribution is -2.14. The van der Waals surface area contributed by atoms with E-state index in [4.69, 9.17) is 5.14 Å². The van der Waals surface area contributed by atoms with Crippen LogP contribution in [0.1, 0.15) is 0 Å². The Morgan fingerprint density at radius 3 is 2.18 bits per heavy atom. The fraction of sp³-hybridized carbons (Fsp3) is 0. The summed E-state index contributed by atoms with van der Waals surface area (Å²) in [7, 11) is -3.84. The van der Waals surface area contributed by atoms with E-state index in [0.29, 0.717) is 11.3 Å². The summed E-state index contributed by atoms with van der Waals surface area (Å²) in [5.41, 5.74) is 2.79. The van der Waals surface area contributed by atoms with Crippen LogP contribution in [0.2, 0.25) is 0 Å². The van der Waals surface area contributed by atoms with Gasteiger partial charge in [-0.25, -0.2) is 13.6 Å². The normalized spacial score (nSPS) is 11.3. The van der Waals surface area contributed by atoms with E-state index in [1.165, 1.54) is 6.07 Å². The van der Waals surface area contributed by atoms with Crippen molar-refractivity contribution in [1.82, 2.24) is 4.98 Å². The number of sulfonamides is 1. The second-order valence-electron chi connectivity index (χ2n) is 4.80. The van der Waals surface area contributed by atoms with Crippen molar-refractivity contribution < 1.29 is 8.42 Å². The van der Waals surface area contributed by atoms with E-state index >= 15 is 0 Å². The lowest BCUT2D eigenvalue weighted by atomic mass is 9.97. The quantitative estimate of drug-likeness (QED) is 0.808. The van der Waals surface area contributed by atoms with Crippen molar-refractivity contribution in [3.05, 3.63) is 72.9 Å². The van der Waals surface area contributed by atoms with E-state index in [-0.39, 0.29) is 4.90 Å². The zero-order valence-electron chi connectivity index (χ0n) is 11.7. The number of nitrogens with zero attached hydrogens (tertiary/aromatic N) is 1. The van der Waals surface area contributed by atoms with Gasteiger partial charge in [0.15, 0.2) is 0 Å². The topological polar surface area (TPSA) is 73.1 Å². The molecule has 0 aliphatic carbocycles. The first-order valence-electron chi connectivity index (χ1n) is 6.70. The summed E-state index contributed by atoms with van der Waals surface area (Å²) >= 11 is 0. The van der Waals surface area contributed by atoms with Gasteiger partial charge in [-0.2, -0.15) is 0 Å². The minimum atomic E-state index is -3.84. The molecule has 0 bridgehead atoms. The van der Waals surface area contributed by atoms with E-state index in [0.717, 1.165) is 11.1 Å². The van der Waals surface area contributed by atoms with Gasteiger partial charge in [0.2, 0.25) is 10.0 Å². The van der Waals surface area contributed by atoms with Gasteiger partial charge in [0, 0.05) is 17.3 Å². The van der Waals surface area contributed by atoms with E-state index in [9.17, 15) is 8.42 Å². The molecule has 0 atom stereocenters. The molecule has 0 fully saturated rings.